The third kappa shape index (κ3) is 6.16. The zero-order chi connectivity index (χ0) is 11.1. The highest BCUT2D eigenvalue weighted by molar-refractivity contribution is 4.68. The average Bonchev–Trinajstić information content (AvgIpc) is 2.18. The van der Waals surface area contributed by atoms with Gasteiger partial charge in [0.25, 0.3) is 0 Å². The summed E-state index contributed by atoms with van der Waals surface area (Å²) >= 11 is 0. The molecule has 1 rings (SSSR count). The van der Waals surface area contributed by atoms with E-state index in [2.05, 4.69) is 26.1 Å². The largest absolute Gasteiger partial charge is 0.374 e. The quantitative estimate of drug-likeness (QED) is 0.732. The maximum atomic E-state index is 6.01. The minimum atomic E-state index is 0.367. The molecule has 1 atom stereocenters. The molecule has 1 unspecified atom stereocenters. The zero-order valence-corrected chi connectivity index (χ0v) is 10.6. The second-order valence-electron chi connectivity index (χ2n) is 5.26. The molecule has 2 heteroatoms. The molecule has 15 heavy (non-hydrogen) atoms. The monoisotopic (exact) mass is 213 g/mol. The van der Waals surface area contributed by atoms with Crippen LogP contribution in [0.4, 0.5) is 0 Å². The van der Waals surface area contributed by atoms with Gasteiger partial charge in [0.15, 0.2) is 0 Å². The molecule has 0 aromatic rings. The highest BCUT2D eigenvalue weighted by Gasteiger charge is 2.16. The Kier molecular flexibility index (Phi) is 6.26. The first-order chi connectivity index (χ1) is 7.18. The van der Waals surface area contributed by atoms with Gasteiger partial charge in [-0.1, -0.05) is 33.1 Å². The minimum absolute atomic E-state index is 0.367. The third-order valence-electron chi connectivity index (χ3n) is 2.96. The van der Waals surface area contributed by atoms with Crippen LogP contribution in [0.3, 0.4) is 0 Å². The molecule has 1 fully saturated rings. The van der Waals surface area contributed by atoms with E-state index in [1.165, 1.54) is 32.1 Å². The minimum Gasteiger partial charge on any atom is -0.374 e. The van der Waals surface area contributed by atoms with Crippen LogP contribution in [0.2, 0.25) is 0 Å². The van der Waals surface area contributed by atoms with Crippen LogP contribution >= 0.6 is 0 Å². The van der Waals surface area contributed by atoms with Crippen LogP contribution in [0, 0.1) is 5.92 Å². The molecule has 0 heterocycles. The molecule has 0 aliphatic heterocycles. The fourth-order valence-electron chi connectivity index (χ4n) is 2.15. The molecule has 90 valence electrons. The third-order valence-corrected chi connectivity index (χ3v) is 2.96. The summed E-state index contributed by atoms with van der Waals surface area (Å²) in [6.45, 7) is 8.74. The van der Waals surface area contributed by atoms with Crippen molar-refractivity contribution in [1.82, 2.24) is 5.32 Å². The van der Waals surface area contributed by atoms with Gasteiger partial charge in [-0.15, -0.1) is 0 Å². The van der Waals surface area contributed by atoms with Crippen LogP contribution in [0.15, 0.2) is 0 Å². The van der Waals surface area contributed by atoms with Gasteiger partial charge < -0.3 is 10.1 Å². The molecule has 0 saturated heterocycles. The van der Waals surface area contributed by atoms with Crippen molar-refractivity contribution in [3.05, 3.63) is 0 Å². The number of ether oxygens (including phenoxy) is 1. The number of hydrogen-bond donors (Lipinski definition) is 1. The van der Waals surface area contributed by atoms with Crippen molar-refractivity contribution in [3.63, 3.8) is 0 Å². The molecule has 0 bridgehead atoms. The normalized spacial score (nSPS) is 20.8. The SMILES string of the molecule is CC(C)CNCC(C)OC1CCCCC1. The lowest BCUT2D eigenvalue weighted by molar-refractivity contribution is -0.0199. The van der Waals surface area contributed by atoms with Crippen molar-refractivity contribution >= 4 is 0 Å². The molecular weight excluding hydrogens is 186 g/mol. The van der Waals surface area contributed by atoms with Crippen molar-refractivity contribution < 1.29 is 4.74 Å². The van der Waals surface area contributed by atoms with Crippen molar-refractivity contribution in [2.75, 3.05) is 13.1 Å². The van der Waals surface area contributed by atoms with Gasteiger partial charge in [0, 0.05) is 6.54 Å². The predicted octanol–water partition coefficient (Wildman–Crippen LogP) is 2.97. The van der Waals surface area contributed by atoms with Crippen LogP contribution in [0.25, 0.3) is 0 Å². The first kappa shape index (κ1) is 13.0. The highest BCUT2D eigenvalue weighted by atomic mass is 16.5. The van der Waals surface area contributed by atoms with E-state index in [-0.39, 0.29) is 0 Å². The molecule has 0 radical (unpaired) electrons. The van der Waals surface area contributed by atoms with Gasteiger partial charge in [-0.2, -0.15) is 0 Å². The summed E-state index contributed by atoms with van der Waals surface area (Å²) in [5.41, 5.74) is 0. The van der Waals surface area contributed by atoms with Gasteiger partial charge in [-0.05, 0) is 32.2 Å². The number of hydrogen-bond acceptors (Lipinski definition) is 2. The maximum Gasteiger partial charge on any atom is 0.0675 e. The van der Waals surface area contributed by atoms with Gasteiger partial charge >= 0.3 is 0 Å². The Hall–Kier alpha value is -0.0800. The number of rotatable bonds is 6. The van der Waals surface area contributed by atoms with E-state index in [1.54, 1.807) is 0 Å². The van der Waals surface area contributed by atoms with Gasteiger partial charge in [-0.25, -0.2) is 0 Å². The number of nitrogens with one attached hydrogen (secondary N) is 1. The van der Waals surface area contributed by atoms with Crippen molar-refractivity contribution in [3.8, 4) is 0 Å². The van der Waals surface area contributed by atoms with E-state index in [1.807, 2.05) is 0 Å². The summed E-state index contributed by atoms with van der Waals surface area (Å²) in [6, 6.07) is 0. The van der Waals surface area contributed by atoms with Gasteiger partial charge in [0.05, 0.1) is 12.2 Å². The van der Waals surface area contributed by atoms with Crippen LogP contribution in [-0.4, -0.2) is 25.3 Å². The van der Waals surface area contributed by atoms with Crippen molar-refractivity contribution in [2.45, 2.75) is 65.1 Å². The predicted molar refractivity (Wildman–Crippen MR) is 65.1 cm³/mol. The Morgan fingerprint density at radius 3 is 2.33 bits per heavy atom. The molecule has 2 nitrogen and oxygen atoms in total. The van der Waals surface area contributed by atoms with Gasteiger partial charge in [0.1, 0.15) is 0 Å². The first-order valence-electron chi connectivity index (χ1n) is 6.54. The topological polar surface area (TPSA) is 21.3 Å². The van der Waals surface area contributed by atoms with E-state index in [0.29, 0.717) is 12.2 Å². The fourth-order valence-corrected chi connectivity index (χ4v) is 2.15. The van der Waals surface area contributed by atoms with Crippen LogP contribution < -0.4 is 5.32 Å². The maximum absolute atomic E-state index is 6.01. The second-order valence-corrected chi connectivity index (χ2v) is 5.26. The van der Waals surface area contributed by atoms with Crippen molar-refractivity contribution in [1.29, 1.82) is 0 Å². The molecule has 1 aliphatic carbocycles. The summed E-state index contributed by atoms with van der Waals surface area (Å²) in [7, 11) is 0. The molecule has 0 aromatic heterocycles. The van der Waals surface area contributed by atoms with Crippen LogP contribution in [0.1, 0.15) is 52.9 Å². The highest BCUT2D eigenvalue weighted by Crippen LogP contribution is 2.21. The van der Waals surface area contributed by atoms with Crippen LogP contribution in [-0.2, 0) is 4.74 Å². The Morgan fingerprint density at radius 1 is 1.07 bits per heavy atom. The molecule has 1 saturated carbocycles. The average molecular weight is 213 g/mol. The van der Waals surface area contributed by atoms with Crippen molar-refractivity contribution in [2.24, 2.45) is 5.92 Å². The standard InChI is InChI=1S/C13H27NO/c1-11(2)9-14-10-12(3)15-13-7-5-4-6-8-13/h11-14H,4-10H2,1-3H3. The second kappa shape index (κ2) is 7.24. The molecular formula is C13H27NO. The lowest BCUT2D eigenvalue weighted by Crippen LogP contribution is -2.33. The fraction of sp³-hybridized carbons (Fsp3) is 1.00. The summed E-state index contributed by atoms with van der Waals surface area (Å²) < 4.78 is 6.01. The molecule has 1 aliphatic rings. The molecule has 1 N–H and O–H groups in total. The smallest absolute Gasteiger partial charge is 0.0675 e. The van der Waals surface area contributed by atoms with Gasteiger partial charge in [0.2, 0.25) is 0 Å². The van der Waals surface area contributed by atoms with E-state index in [9.17, 15) is 0 Å². The molecule has 0 aromatic carbocycles. The first-order valence-corrected chi connectivity index (χ1v) is 6.54. The zero-order valence-electron chi connectivity index (χ0n) is 10.6. The molecule has 0 amide bonds. The Balaban J connectivity index is 2.03. The summed E-state index contributed by atoms with van der Waals surface area (Å²) in [5.74, 6) is 0.729. The lowest BCUT2D eigenvalue weighted by atomic mass is 9.98. The van der Waals surface area contributed by atoms with Gasteiger partial charge in [-0.3, -0.25) is 0 Å². The Morgan fingerprint density at radius 2 is 1.73 bits per heavy atom. The Labute approximate surface area is 94.8 Å². The van der Waals surface area contributed by atoms with Crippen LogP contribution in [0.5, 0.6) is 0 Å². The van der Waals surface area contributed by atoms with E-state index in [0.717, 1.165) is 19.0 Å². The van der Waals surface area contributed by atoms with E-state index >= 15 is 0 Å². The van der Waals surface area contributed by atoms with E-state index in [4.69, 9.17) is 4.74 Å². The summed E-state index contributed by atoms with van der Waals surface area (Å²) in [4.78, 5) is 0. The molecule has 0 spiro atoms. The summed E-state index contributed by atoms with van der Waals surface area (Å²) in [6.07, 6.45) is 7.57. The summed E-state index contributed by atoms with van der Waals surface area (Å²) in [5, 5.41) is 3.45. The Bertz CT molecular complexity index is 153. The lowest BCUT2D eigenvalue weighted by Gasteiger charge is -2.26. The van der Waals surface area contributed by atoms with E-state index < -0.39 is 0 Å².